The van der Waals surface area contributed by atoms with Crippen LogP contribution in [0.4, 0.5) is 11.6 Å². The Morgan fingerprint density at radius 1 is 1.18 bits per heavy atom. The van der Waals surface area contributed by atoms with Gasteiger partial charge in [-0.3, -0.25) is 0 Å². The maximum absolute atomic E-state index is 4.32. The minimum Gasteiger partial charge on any atom is -0.373 e. The van der Waals surface area contributed by atoms with Gasteiger partial charge in [0.2, 0.25) is 0 Å². The quantitative estimate of drug-likeness (QED) is 0.825. The van der Waals surface area contributed by atoms with Crippen molar-refractivity contribution in [3.8, 4) is 0 Å². The topological polar surface area (TPSA) is 49.8 Å². The Bertz CT molecular complexity index is 355. The van der Waals surface area contributed by atoms with Crippen molar-refractivity contribution in [3.05, 3.63) is 11.9 Å². The fourth-order valence-corrected chi connectivity index (χ4v) is 1.67. The molecule has 0 spiro atoms. The van der Waals surface area contributed by atoms with Gasteiger partial charge in [-0.25, -0.2) is 9.97 Å². The van der Waals surface area contributed by atoms with Gasteiger partial charge < -0.3 is 10.6 Å². The third kappa shape index (κ3) is 4.21. The summed E-state index contributed by atoms with van der Waals surface area (Å²) < 4.78 is 0. The van der Waals surface area contributed by atoms with Crippen molar-refractivity contribution < 1.29 is 0 Å². The third-order valence-corrected chi connectivity index (χ3v) is 2.70. The Hall–Kier alpha value is -1.32. The number of nitrogens with one attached hydrogen (secondary N) is 2. The second-order valence-corrected chi connectivity index (χ2v) is 5.39. The molecule has 0 bridgehead atoms. The normalized spacial score (nSPS) is 11.4. The number of nitrogens with zero attached hydrogens (tertiary/aromatic N) is 2. The molecule has 4 heteroatoms. The predicted molar refractivity (Wildman–Crippen MR) is 73.5 cm³/mol. The average Bonchev–Trinajstić information content (AvgIpc) is 2.27. The summed E-state index contributed by atoms with van der Waals surface area (Å²) in [5.41, 5.74) is 1.50. The molecule has 0 fully saturated rings. The van der Waals surface area contributed by atoms with E-state index in [1.54, 1.807) is 6.33 Å². The fraction of sp³-hybridized carbons (Fsp3) is 0.692. The zero-order valence-corrected chi connectivity index (χ0v) is 11.6. The summed E-state index contributed by atoms with van der Waals surface area (Å²) in [7, 11) is 1.89. The van der Waals surface area contributed by atoms with Gasteiger partial charge in [-0.15, -0.1) is 0 Å². The molecule has 0 aliphatic heterocycles. The van der Waals surface area contributed by atoms with E-state index in [-0.39, 0.29) is 0 Å². The van der Waals surface area contributed by atoms with Crippen molar-refractivity contribution in [1.82, 2.24) is 9.97 Å². The highest BCUT2D eigenvalue weighted by molar-refractivity contribution is 5.56. The van der Waals surface area contributed by atoms with Crippen LogP contribution in [0.15, 0.2) is 6.33 Å². The largest absolute Gasteiger partial charge is 0.373 e. The Labute approximate surface area is 104 Å². The molecule has 17 heavy (non-hydrogen) atoms. The minimum absolute atomic E-state index is 0.345. The van der Waals surface area contributed by atoms with E-state index in [2.05, 4.69) is 48.3 Å². The van der Waals surface area contributed by atoms with E-state index in [9.17, 15) is 0 Å². The van der Waals surface area contributed by atoms with Crippen LogP contribution >= 0.6 is 0 Å². The number of rotatable bonds is 5. The van der Waals surface area contributed by atoms with Crippen molar-refractivity contribution in [2.24, 2.45) is 5.41 Å². The lowest BCUT2D eigenvalue weighted by molar-refractivity contribution is 0.389. The van der Waals surface area contributed by atoms with Crippen molar-refractivity contribution in [2.75, 3.05) is 24.2 Å². The van der Waals surface area contributed by atoms with E-state index in [0.717, 1.165) is 36.6 Å². The lowest BCUT2D eigenvalue weighted by Crippen LogP contribution is -2.15. The monoisotopic (exact) mass is 236 g/mol. The molecular formula is C13H24N4. The molecule has 96 valence electrons. The van der Waals surface area contributed by atoms with Crippen LogP contribution < -0.4 is 10.6 Å². The van der Waals surface area contributed by atoms with Crippen LogP contribution in [-0.4, -0.2) is 23.6 Å². The highest BCUT2D eigenvalue weighted by Gasteiger charge is 2.11. The SMILES string of the molecule is CCc1c(NC)ncnc1NCCC(C)(C)C. The van der Waals surface area contributed by atoms with E-state index in [1.807, 2.05) is 7.05 Å². The van der Waals surface area contributed by atoms with Gasteiger partial charge in [0.1, 0.15) is 18.0 Å². The lowest BCUT2D eigenvalue weighted by Gasteiger charge is -2.19. The maximum Gasteiger partial charge on any atom is 0.134 e. The highest BCUT2D eigenvalue weighted by Crippen LogP contribution is 2.22. The zero-order chi connectivity index (χ0) is 12.9. The van der Waals surface area contributed by atoms with Crippen LogP contribution in [0.1, 0.15) is 39.7 Å². The molecular weight excluding hydrogens is 212 g/mol. The van der Waals surface area contributed by atoms with Gasteiger partial charge in [0.15, 0.2) is 0 Å². The van der Waals surface area contributed by atoms with Crippen molar-refractivity contribution in [1.29, 1.82) is 0 Å². The van der Waals surface area contributed by atoms with Gasteiger partial charge in [-0.2, -0.15) is 0 Å². The van der Waals surface area contributed by atoms with Gasteiger partial charge in [0, 0.05) is 19.2 Å². The lowest BCUT2D eigenvalue weighted by atomic mass is 9.92. The maximum atomic E-state index is 4.32. The van der Waals surface area contributed by atoms with Crippen molar-refractivity contribution in [3.63, 3.8) is 0 Å². The summed E-state index contributed by atoms with van der Waals surface area (Å²) >= 11 is 0. The molecule has 0 amide bonds. The molecule has 1 aromatic rings. The number of hydrogen-bond acceptors (Lipinski definition) is 4. The first-order valence-corrected chi connectivity index (χ1v) is 6.23. The molecule has 4 nitrogen and oxygen atoms in total. The summed E-state index contributed by atoms with van der Waals surface area (Å²) in [4.78, 5) is 8.54. The van der Waals surface area contributed by atoms with Gasteiger partial charge >= 0.3 is 0 Å². The zero-order valence-electron chi connectivity index (χ0n) is 11.6. The second kappa shape index (κ2) is 5.84. The molecule has 0 saturated heterocycles. The van der Waals surface area contributed by atoms with Gasteiger partial charge in [0.05, 0.1) is 0 Å². The van der Waals surface area contributed by atoms with E-state index < -0.39 is 0 Å². The first-order chi connectivity index (χ1) is 7.98. The van der Waals surface area contributed by atoms with Crippen LogP contribution in [0.25, 0.3) is 0 Å². The van der Waals surface area contributed by atoms with E-state index in [4.69, 9.17) is 0 Å². The van der Waals surface area contributed by atoms with Crippen molar-refractivity contribution >= 4 is 11.6 Å². The Morgan fingerprint density at radius 2 is 1.82 bits per heavy atom. The first kappa shape index (κ1) is 13.7. The molecule has 0 saturated carbocycles. The van der Waals surface area contributed by atoms with Crippen LogP contribution in [0.2, 0.25) is 0 Å². The fourth-order valence-electron chi connectivity index (χ4n) is 1.67. The molecule has 0 unspecified atom stereocenters. The van der Waals surface area contributed by atoms with Gasteiger partial charge in [-0.1, -0.05) is 27.7 Å². The molecule has 1 aromatic heterocycles. The van der Waals surface area contributed by atoms with Crippen LogP contribution in [0.5, 0.6) is 0 Å². The molecule has 0 radical (unpaired) electrons. The van der Waals surface area contributed by atoms with Crippen LogP contribution in [0, 0.1) is 5.41 Å². The Balaban J connectivity index is 2.70. The Morgan fingerprint density at radius 3 is 2.35 bits per heavy atom. The van der Waals surface area contributed by atoms with E-state index >= 15 is 0 Å². The summed E-state index contributed by atoms with van der Waals surface area (Å²) in [6.07, 6.45) is 3.65. The molecule has 0 aliphatic rings. The second-order valence-electron chi connectivity index (χ2n) is 5.39. The summed E-state index contributed by atoms with van der Waals surface area (Å²) in [6, 6.07) is 0. The average molecular weight is 236 g/mol. The highest BCUT2D eigenvalue weighted by atomic mass is 15.1. The molecule has 1 rings (SSSR count). The molecule has 2 N–H and O–H groups in total. The molecule has 0 atom stereocenters. The number of anilines is 2. The van der Waals surface area contributed by atoms with Gasteiger partial charge in [0.25, 0.3) is 0 Å². The first-order valence-electron chi connectivity index (χ1n) is 6.23. The van der Waals surface area contributed by atoms with E-state index in [1.165, 1.54) is 0 Å². The number of hydrogen-bond donors (Lipinski definition) is 2. The van der Waals surface area contributed by atoms with Crippen LogP contribution in [-0.2, 0) is 6.42 Å². The molecule has 0 aliphatic carbocycles. The van der Waals surface area contributed by atoms with E-state index in [0.29, 0.717) is 5.41 Å². The van der Waals surface area contributed by atoms with Crippen LogP contribution in [0.3, 0.4) is 0 Å². The number of aromatic nitrogens is 2. The van der Waals surface area contributed by atoms with Crippen molar-refractivity contribution in [2.45, 2.75) is 40.5 Å². The summed E-state index contributed by atoms with van der Waals surface area (Å²) in [5.74, 6) is 1.87. The summed E-state index contributed by atoms with van der Waals surface area (Å²) in [6.45, 7) is 9.79. The molecule has 0 aromatic carbocycles. The Kier molecular flexibility index (Phi) is 4.73. The smallest absolute Gasteiger partial charge is 0.134 e. The third-order valence-electron chi connectivity index (χ3n) is 2.70. The predicted octanol–water partition coefficient (Wildman–Crippen LogP) is 2.93. The standard InChI is InChI=1S/C13H24N4/c1-6-10-11(14-5)16-9-17-12(10)15-8-7-13(2,3)4/h9H,6-8H2,1-5H3,(H2,14,15,16,17). The van der Waals surface area contributed by atoms with Gasteiger partial charge in [-0.05, 0) is 18.3 Å². The minimum atomic E-state index is 0.345. The summed E-state index contributed by atoms with van der Waals surface area (Å²) in [5, 5.41) is 6.51. The molecule has 1 heterocycles.